The number of rotatable bonds is 4. The van der Waals surface area contributed by atoms with E-state index >= 15 is 0 Å². The smallest absolute Gasteiger partial charge is 0.237 e. The van der Waals surface area contributed by atoms with E-state index in [-0.39, 0.29) is 6.04 Å². The summed E-state index contributed by atoms with van der Waals surface area (Å²) in [6.45, 7) is 0. The fraction of sp³-hybridized carbons (Fsp3) is 0.214. The number of aromatic nitrogens is 4. The first-order chi connectivity index (χ1) is 9.85. The second-order valence-electron chi connectivity index (χ2n) is 4.30. The van der Waals surface area contributed by atoms with Gasteiger partial charge >= 0.3 is 0 Å². The number of nitrogens with one attached hydrogen (secondary N) is 1. The van der Waals surface area contributed by atoms with Gasteiger partial charge in [0.25, 0.3) is 0 Å². The van der Waals surface area contributed by atoms with Gasteiger partial charge in [0.05, 0.1) is 24.9 Å². The zero-order valence-corrected chi connectivity index (χ0v) is 11.3. The van der Waals surface area contributed by atoms with E-state index < -0.39 is 0 Å². The quantitative estimate of drug-likeness (QED) is 0.776. The van der Waals surface area contributed by atoms with Crippen molar-refractivity contribution in [3.05, 3.63) is 54.2 Å². The molecule has 0 saturated heterocycles. The van der Waals surface area contributed by atoms with Gasteiger partial charge < -0.3 is 10.1 Å². The molecular weight excluding hydrogens is 254 g/mol. The number of fused-ring (bicyclic) bond motifs is 1. The molecule has 20 heavy (non-hydrogen) atoms. The summed E-state index contributed by atoms with van der Waals surface area (Å²) in [6.07, 6.45) is 7.03. The normalized spacial score (nSPS) is 12.5. The van der Waals surface area contributed by atoms with Crippen LogP contribution in [0.25, 0.3) is 5.52 Å². The van der Waals surface area contributed by atoms with E-state index in [4.69, 9.17) is 4.74 Å². The molecule has 3 heterocycles. The number of methoxy groups -OCH3 is 1. The average molecular weight is 269 g/mol. The van der Waals surface area contributed by atoms with Crippen LogP contribution in [-0.2, 0) is 0 Å². The van der Waals surface area contributed by atoms with Crippen molar-refractivity contribution in [1.82, 2.24) is 24.9 Å². The highest BCUT2D eigenvalue weighted by Gasteiger charge is 2.22. The molecule has 6 heteroatoms. The lowest BCUT2D eigenvalue weighted by Gasteiger charge is -2.16. The predicted molar refractivity (Wildman–Crippen MR) is 74.7 cm³/mol. The molecule has 3 aromatic heterocycles. The minimum atomic E-state index is -0.126. The van der Waals surface area contributed by atoms with Crippen LogP contribution in [0.5, 0.6) is 5.88 Å². The molecule has 0 aliphatic carbocycles. The molecule has 0 fully saturated rings. The van der Waals surface area contributed by atoms with Crippen LogP contribution in [0.3, 0.4) is 0 Å². The van der Waals surface area contributed by atoms with Crippen molar-refractivity contribution >= 4 is 5.52 Å². The first kappa shape index (κ1) is 12.6. The van der Waals surface area contributed by atoms with Crippen LogP contribution in [0, 0.1) is 0 Å². The van der Waals surface area contributed by atoms with E-state index in [1.165, 1.54) is 0 Å². The van der Waals surface area contributed by atoms with Crippen molar-refractivity contribution in [2.45, 2.75) is 6.04 Å². The van der Waals surface area contributed by atoms with Crippen molar-refractivity contribution in [2.24, 2.45) is 0 Å². The van der Waals surface area contributed by atoms with Crippen molar-refractivity contribution in [3.63, 3.8) is 0 Å². The molecule has 0 aromatic carbocycles. The average Bonchev–Trinajstić information content (AvgIpc) is 2.93. The van der Waals surface area contributed by atoms with E-state index in [2.05, 4.69) is 20.4 Å². The Bertz CT molecular complexity index is 724. The molecule has 6 nitrogen and oxygen atoms in total. The Kier molecular flexibility index (Phi) is 3.30. The molecule has 0 aliphatic heterocycles. The third-order valence-corrected chi connectivity index (χ3v) is 3.21. The Morgan fingerprint density at radius 3 is 2.90 bits per heavy atom. The molecule has 3 aromatic rings. The minimum Gasteiger partial charge on any atom is -0.480 e. The zero-order valence-electron chi connectivity index (χ0n) is 11.3. The first-order valence-corrected chi connectivity index (χ1v) is 6.29. The van der Waals surface area contributed by atoms with Gasteiger partial charge in [-0.15, -0.1) is 0 Å². The Morgan fingerprint density at radius 1 is 1.25 bits per heavy atom. The Labute approximate surface area is 116 Å². The second kappa shape index (κ2) is 5.26. The lowest BCUT2D eigenvalue weighted by molar-refractivity contribution is 0.384. The van der Waals surface area contributed by atoms with Crippen LogP contribution in [0.2, 0.25) is 0 Å². The number of nitrogens with zero attached hydrogens (tertiary/aromatic N) is 4. The third kappa shape index (κ3) is 2.00. The second-order valence-corrected chi connectivity index (χ2v) is 4.30. The maximum atomic E-state index is 5.30. The van der Waals surface area contributed by atoms with Crippen molar-refractivity contribution in [1.29, 1.82) is 0 Å². The van der Waals surface area contributed by atoms with Crippen LogP contribution < -0.4 is 10.1 Å². The standard InChI is InChI=1S/C14H15N5O/c1-15-12(13-14(20-2)17-7-6-16-13)10-9-18-19-8-4-3-5-11(10)19/h3-9,12,15H,1-2H3. The van der Waals surface area contributed by atoms with Crippen molar-refractivity contribution in [2.75, 3.05) is 14.2 Å². The van der Waals surface area contributed by atoms with Crippen LogP contribution in [-0.4, -0.2) is 33.7 Å². The fourth-order valence-electron chi connectivity index (χ4n) is 2.31. The molecule has 0 amide bonds. The summed E-state index contributed by atoms with van der Waals surface area (Å²) in [5.41, 5.74) is 2.81. The summed E-state index contributed by atoms with van der Waals surface area (Å²) in [7, 11) is 3.47. The Balaban J connectivity index is 2.14. The molecule has 102 valence electrons. The predicted octanol–water partition coefficient (Wildman–Crippen LogP) is 1.44. The molecule has 0 bridgehead atoms. The highest BCUT2D eigenvalue weighted by Crippen LogP contribution is 2.28. The van der Waals surface area contributed by atoms with Crippen LogP contribution in [0.15, 0.2) is 43.0 Å². The van der Waals surface area contributed by atoms with Gasteiger partial charge in [-0.05, 0) is 19.2 Å². The van der Waals surface area contributed by atoms with Crippen LogP contribution in [0.4, 0.5) is 0 Å². The van der Waals surface area contributed by atoms with E-state index in [1.54, 1.807) is 19.5 Å². The molecule has 0 saturated carbocycles. The van der Waals surface area contributed by atoms with Gasteiger partial charge in [0.1, 0.15) is 5.69 Å². The lowest BCUT2D eigenvalue weighted by Crippen LogP contribution is -2.20. The van der Waals surface area contributed by atoms with E-state index in [0.29, 0.717) is 5.88 Å². The van der Waals surface area contributed by atoms with Crippen LogP contribution >= 0.6 is 0 Å². The summed E-state index contributed by atoms with van der Waals surface area (Å²) < 4.78 is 7.13. The Hall–Kier alpha value is -2.47. The Morgan fingerprint density at radius 2 is 2.10 bits per heavy atom. The minimum absolute atomic E-state index is 0.126. The highest BCUT2D eigenvalue weighted by atomic mass is 16.5. The topological polar surface area (TPSA) is 64.3 Å². The number of hydrogen-bond acceptors (Lipinski definition) is 5. The summed E-state index contributed by atoms with van der Waals surface area (Å²) >= 11 is 0. The van der Waals surface area contributed by atoms with Gasteiger partial charge in [-0.2, -0.15) is 5.10 Å². The number of pyridine rings is 1. The van der Waals surface area contributed by atoms with Crippen molar-refractivity contribution < 1.29 is 4.74 Å². The van der Waals surface area contributed by atoms with Crippen LogP contribution in [0.1, 0.15) is 17.3 Å². The fourth-order valence-corrected chi connectivity index (χ4v) is 2.31. The van der Waals surface area contributed by atoms with Gasteiger partial charge in [0.15, 0.2) is 0 Å². The summed E-state index contributed by atoms with van der Waals surface area (Å²) in [5, 5.41) is 7.61. The first-order valence-electron chi connectivity index (χ1n) is 6.29. The summed E-state index contributed by atoms with van der Waals surface area (Å²) in [5.74, 6) is 0.516. The lowest BCUT2D eigenvalue weighted by atomic mass is 10.1. The maximum absolute atomic E-state index is 5.30. The third-order valence-electron chi connectivity index (χ3n) is 3.21. The molecule has 0 spiro atoms. The van der Waals surface area contributed by atoms with Gasteiger partial charge in [-0.25, -0.2) is 9.50 Å². The summed E-state index contributed by atoms with van der Waals surface area (Å²) in [6, 6.07) is 5.83. The number of ether oxygens (including phenoxy) is 1. The highest BCUT2D eigenvalue weighted by molar-refractivity contribution is 5.57. The SMILES string of the molecule is CNC(c1nccnc1OC)c1cnn2ccccc12. The molecule has 3 rings (SSSR count). The maximum Gasteiger partial charge on any atom is 0.237 e. The van der Waals surface area contributed by atoms with E-state index in [1.807, 2.05) is 42.2 Å². The molecule has 1 atom stereocenters. The molecule has 1 unspecified atom stereocenters. The zero-order chi connectivity index (χ0) is 13.9. The van der Waals surface area contributed by atoms with Gasteiger partial charge in [-0.3, -0.25) is 4.98 Å². The van der Waals surface area contributed by atoms with E-state index in [9.17, 15) is 0 Å². The van der Waals surface area contributed by atoms with Gasteiger partial charge in [-0.1, -0.05) is 6.07 Å². The largest absolute Gasteiger partial charge is 0.480 e. The monoisotopic (exact) mass is 269 g/mol. The summed E-state index contributed by atoms with van der Waals surface area (Å²) in [4.78, 5) is 8.60. The molecular formula is C14H15N5O. The van der Waals surface area contributed by atoms with E-state index in [0.717, 1.165) is 16.8 Å². The molecule has 1 N–H and O–H groups in total. The number of hydrogen-bond donors (Lipinski definition) is 1. The molecule has 0 aliphatic rings. The molecule has 0 radical (unpaired) electrons. The van der Waals surface area contributed by atoms with Crippen molar-refractivity contribution in [3.8, 4) is 5.88 Å². The van der Waals surface area contributed by atoms with Gasteiger partial charge in [0, 0.05) is 24.2 Å². The van der Waals surface area contributed by atoms with Gasteiger partial charge in [0.2, 0.25) is 5.88 Å².